The Morgan fingerprint density at radius 3 is 2.76 bits per heavy atom. The number of nitrogen functional groups attached to an aromatic ring is 1. The number of halogens is 1. The molecule has 0 heterocycles. The number of anilines is 2. The predicted octanol–water partition coefficient (Wildman–Crippen LogP) is 2.81. The topological polar surface area (TPSA) is 58.4 Å². The van der Waals surface area contributed by atoms with Crippen molar-refractivity contribution in [3.63, 3.8) is 0 Å². The Morgan fingerprint density at radius 2 is 2.14 bits per heavy atom. The summed E-state index contributed by atoms with van der Waals surface area (Å²) in [7, 11) is 1.91. The van der Waals surface area contributed by atoms with E-state index >= 15 is 0 Å². The van der Waals surface area contributed by atoms with Crippen LogP contribution in [0.15, 0.2) is 18.2 Å². The first-order chi connectivity index (χ1) is 9.86. The summed E-state index contributed by atoms with van der Waals surface area (Å²) in [5.41, 5.74) is 6.15. The summed E-state index contributed by atoms with van der Waals surface area (Å²) < 4.78 is 13.6. The number of nitrogens with two attached hydrogens (primary N) is 1. The van der Waals surface area contributed by atoms with Gasteiger partial charge in [0.15, 0.2) is 0 Å². The molecule has 1 amide bonds. The summed E-state index contributed by atoms with van der Waals surface area (Å²) >= 11 is 1.78. The number of amides is 1. The van der Waals surface area contributed by atoms with Crippen molar-refractivity contribution in [2.75, 3.05) is 30.1 Å². The van der Waals surface area contributed by atoms with E-state index in [2.05, 4.69) is 18.5 Å². The van der Waals surface area contributed by atoms with Crippen LogP contribution in [0.2, 0.25) is 0 Å². The Morgan fingerprint density at radius 1 is 1.48 bits per heavy atom. The molecule has 21 heavy (non-hydrogen) atoms. The van der Waals surface area contributed by atoms with Crippen molar-refractivity contribution >= 4 is 29.0 Å². The normalized spacial score (nSPS) is 14.0. The average molecular weight is 313 g/mol. The number of carbonyl (C=O) groups excluding carboxylic acids is 1. The van der Waals surface area contributed by atoms with Crippen molar-refractivity contribution in [1.82, 2.24) is 4.90 Å². The molecule has 0 spiro atoms. The van der Waals surface area contributed by atoms with Gasteiger partial charge < -0.3 is 11.1 Å². The summed E-state index contributed by atoms with van der Waals surface area (Å²) in [6.07, 6.45) is 3.06. The Labute approximate surface area is 130 Å². The van der Waals surface area contributed by atoms with Crippen LogP contribution in [0.1, 0.15) is 20.3 Å². The molecule has 1 aromatic rings. The highest BCUT2D eigenvalue weighted by Gasteiger charge is 2.22. The second kappa shape index (κ2) is 8.24. The van der Waals surface area contributed by atoms with E-state index in [-0.39, 0.29) is 23.7 Å². The Balaban J connectivity index is 2.67. The van der Waals surface area contributed by atoms with Gasteiger partial charge in [0.25, 0.3) is 0 Å². The van der Waals surface area contributed by atoms with Gasteiger partial charge >= 0.3 is 0 Å². The van der Waals surface area contributed by atoms with Crippen LogP contribution in [-0.2, 0) is 4.79 Å². The quantitative estimate of drug-likeness (QED) is 0.760. The van der Waals surface area contributed by atoms with Gasteiger partial charge in [-0.1, -0.05) is 0 Å². The summed E-state index contributed by atoms with van der Waals surface area (Å²) in [4.78, 5) is 14.2. The van der Waals surface area contributed by atoms with E-state index in [1.54, 1.807) is 11.8 Å². The maximum atomic E-state index is 13.6. The van der Waals surface area contributed by atoms with E-state index in [0.29, 0.717) is 5.69 Å². The first-order valence-electron chi connectivity index (χ1n) is 6.93. The van der Waals surface area contributed by atoms with E-state index in [1.807, 2.05) is 18.9 Å². The number of hydrogen-bond acceptors (Lipinski definition) is 4. The molecular weight excluding hydrogens is 289 g/mol. The third kappa shape index (κ3) is 5.21. The Bertz CT molecular complexity index is 484. The number of nitrogens with one attached hydrogen (secondary N) is 1. The second-order valence-electron chi connectivity index (χ2n) is 5.20. The lowest BCUT2D eigenvalue weighted by atomic mass is 10.1. The minimum atomic E-state index is -0.483. The van der Waals surface area contributed by atoms with E-state index in [1.165, 1.54) is 18.2 Å². The van der Waals surface area contributed by atoms with Crippen molar-refractivity contribution in [1.29, 1.82) is 0 Å². The number of nitrogens with zero attached hydrogens (tertiary/aromatic N) is 1. The number of thioether (sulfide) groups is 1. The van der Waals surface area contributed by atoms with Crippen LogP contribution >= 0.6 is 11.8 Å². The maximum Gasteiger partial charge on any atom is 0.241 e. The molecule has 0 bridgehead atoms. The molecule has 4 nitrogen and oxygen atoms in total. The lowest BCUT2D eigenvalue weighted by Crippen LogP contribution is -2.44. The van der Waals surface area contributed by atoms with E-state index in [0.717, 1.165) is 12.2 Å². The number of benzene rings is 1. The number of rotatable bonds is 7. The fraction of sp³-hybridized carbons (Fsp3) is 0.533. The molecule has 118 valence electrons. The minimum Gasteiger partial charge on any atom is -0.399 e. The molecule has 0 aromatic heterocycles. The summed E-state index contributed by atoms with van der Waals surface area (Å²) in [5.74, 6) is 0.324. The Hall–Kier alpha value is -1.27. The smallest absolute Gasteiger partial charge is 0.241 e. The van der Waals surface area contributed by atoms with Gasteiger partial charge in [-0.2, -0.15) is 11.8 Å². The monoisotopic (exact) mass is 313 g/mol. The van der Waals surface area contributed by atoms with Gasteiger partial charge in [0, 0.05) is 11.7 Å². The summed E-state index contributed by atoms with van der Waals surface area (Å²) in [6, 6.07) is 4.08. The molecule has 0 saturated carbocycles. The van der Waals surface area contributed by atoms with Gasteiger partial charge in [-0.3, -0.25) is 9.69 Å². The number of carbonyl (C=O) groups is 1. The van der Waals surface area contributed by atoms with Crippen molar-refractivity contribution in [2.45, 2.75) is 32.4 Å². The first kappa shape index (κ1) is 17.8. The molecule has 1 aromatic carbocycles. The van der Waals surface area contributed by atoms with E-state index in [9.17, 15) is 9.18 Å². The SMILES string of the molecule is CSCCC(C)N(C)C(C)C(=O)Nc1cc(N)ccc1F. The molecule has 0 aliphatic carbocycles. The second-order valence-corrected chi connectivity index (χ2v) is 6.19. The van der Waals surface area contributed by atoms with Gasteiger partial charge in [0.2, 0.25) is 5.91 Å². The number of likely N-dealkylation sites (N-methyl/N-ethyl adjacent to an activating group) is 1. The van der Waals surface area contributed by atoms with Crippen LogP contribution in [0.5, 0.6) is 0 Å². The standard InChI is InChI=1S/C15H24FN3OS/c1-10(7-8-21-4)19(3)11(2)15(20)18-14-9-12(17)5-6-13(14)16/h5-6,9-11H,7-8,17H2,1-4H3,(H,18,20). The molecule has 0 aliphatic heterocycles. The van der Waals surface area contributed by atoms with Crippen LogP contribution in [0.4, 0.5) is 15.8 Å². The largest absolute Gasteiger partial charge is 0.399 e. The molecule has 0 aliphatic rings. The molecule has 2 atom stereocenters. The zero-order valence-electron chi connectivity index (χ0n) is 13.0. The molecule has 6 heteroatoms. The lowest BCUT2D eigenvalue weighted by molar-refractivity contribution is -0.121. The van der Waals surface area contributed by atoms with E-state index in [4.69, 9.17) is 5.73 Å². The molecule has 0 fully saturated rings. The molecule has 0 saturated heterocycles. The lowest BCUT2D eigenvalue weighted by Gasteiger charge is -2.30. The van der Waals surface area contributed by atoms with Crippen LogP contribution < -0.4 is 11.1 Å². The average Bonchev–Trinajstić information content (AvgIpc) is 2.46. The third-order valence-electron chi connectivity index (χ3n) is 3.67. The third-order valence-corrected chi connectivity index (χ3v) is 4.32. The van der Waals surface area contributed by atoms with Crippen molar-refractivity contribution < 1.29 is 9.18 Å². The first-order valence-corrected chi connectivity index (χ1v) is 8.33. The van der Waals surface area contributed by atoms with Crippen molar-refractivity contribution in [2.24, 2.45) is 0 Å². The van der Waals surface area contributed by atoms with Gasteiger partial charge in [0.05, 0.1) is 11.7 Å². The minimum absolute atomic E-state index is 0.122. The van der Waals surface area contributed by atoms with Crippen LogP contribution in [0, 0.1) is 5.82 Å². The van der Waals surface area contributed by atoms with Crippen LogP contribution in [0.25, 0.3) is 0 Å². The summed E-state index contributed by atoms with van der Waals surface area (Å²) in [6.45, 7) is 3.90. The highest BCUT2D eigenvalue weighted by Crippen LogP contribution is 2.18. The highest BCUT2D eigenvalue weighted by atomic mass is 32.2. The van der Waals surface area contributed by atoms with Gasteiger partial charge in [0.1, 0.15) is 5.82 Å². The molecular formula is C15H24FN3OS. The fourth-order valence-electron chi connectivity index (χ4n) is 1.93. The van der Waals surface area contributed by atoms with Crippen molar-refractivity contribution in [3.8, 4) is 0 Å². The zero-order valence-corrected chi connectivity index (χ0v) is 13.8. The fourth-order valence-corrected chi connectivity index (χ4v) is 2.51. The maximum absolute atomic E-state index is 13.6. The molecule has 1 rings (SSSR count). The molecule has 2 unspecified atom stereocenters. The highest BCUT2D eigenvalue weighted by molar-refractivity contribution is 7.98. The van der Waals surface area contributed by atoms with Crippen molar-refractivity contribution in [3.05, 3.63) is 24.0 Å². The van der Waals surface area contributed by atoms with E-state index < -0.39 is 5.82 Å². The van der Waals surface area contributed by atoms with Gasteiger partial charge in [-0.15, -0.1) is 0 Å². The summed E-state index contributed by atoms with van der Waals surface area (Å²) in [5, 5.41) is 2.60. The predicted molar refractivity (Wildman–Crippen MR) is 89.1 cm³/mol. The van der Waals surface area contributed by atoms with Crippen LogP contribution in [-0.4, -0.2) is 41.9 Å². The number of hydrogen-bond donors (Lipinski definition) is 2. The van der Waals surface area contributed by atoms with Gasteiger partial charge in [-0.05, 0) is 57.5 Å². The Kier molecular flexibility index (Phi) is 6.98. The van der Waals surface area contributed by atoms with Crippen LogP contribution in [0.3, 0.4) is 0 Å². The molecule has 3 N–H and O–H groups in total. The van der Waals surface area contributed by atoms with Gasteiger partial charge in [-0.25, -0.2) is 4.39 Å². The zero-order chi connectivity index (χ0) is 16.0. The molecule has 0 radical (unpaired) electrons.